The van der Waals surface area contributed by atoms with E-state index >= 15 is 0 Å². The molecule has 0 unspecified atom stereocenters. The molecule has 5 heteroatoms. The summed E-state index contributed by atoms with van der Waals surface area (Å²) in [6.07, 6.45) is 5.26. The van der Waals surface area contributed by atoms with Crippen molar-refractivity contribution >= 4 is 5.95 Å². The van der Waals surface area contributed by atoms with Crippen LogP contribution in [0, 0.1) is 0 Å². The van der Waals surface area contributed by atoms with E-state index in [-0.39, 0.29) is 0 Å². The number of anilines is 1. The van der Waals surface area contributed by atoms with Crippen LogP contribution in [0.15, 0.2) is 73.1 Å². The second-order valence-electron chi connectivity index (χ2n) is 7.43. The number of hydrogen-bond donors (Lipinski definition) is 2. The third kappa shape index (κ3) is 4.55. The fourth-order valence-electron chi connectivity index (χ4n) is 3.68. The lowest BCUT2D eigenvalue weighted by molar-refractivity contribution is -0.0277. The lowest BCUT2D eigenvalue weighted by atomic mass is 9.84. The number of benzene rings is 2. The van der Waals surface area contributed by atoms with Crippen molar-refractivity contribution in [3.8, 4) is 0 Å². The molecule has 5 nitrogen and oxygen atoms in total. The minimum Gasteiger partial charge on any atom is -0.385 e. The maximum absolute atomic E-state index is 11.0. The van der Waals surface area contributed by atoms with Gasteiger partial charge >= 0.3 is 0 Å². The molecule has 0 radical (unpaired) electrons. The molecule has 0 amide bonds. The van der Waals surface area contributed by atoms with Gasteiger partial charge in [0.15, 0.2) is 0 Å². The number of nitrogens with one attached hydrogen (secondary N) is 1. The van der Waals surface area contributed by atoms with Crippen LogP contribution in [-0.2, 0) is 18.7 Å². The Morgan fingerprint density at radius 2 is 1.46 bits per heavy atom. The summed E-state index contributed by atoms with van der Waals surface area (Å²) in [6.45, 7) is 3.24. The Balaban J connectivity index is 1.28. The summed E-state index contributed by atoms with van der Waals surface area (Å²) in [4.78, 5) is 11.2. The van der Waals surface area contributed by atoms with Gasteiger partial charge in [0.05, 0.1) is 5.60 Å². The minimum atomic E-state index is -0.709. The van der Waals surface area contributed by atoms with Gasteiger partial charge in [0.1, 0.15) is 0 Å². The normalized spacial score (nSPS) is 16.6. The highest BCUT2D eigenvalue weighted by molar-refractivity contribution is 5.28. The van der Waals surface area contributed by atoms with Gasteiger partial charge in [-0.15, -0.1) is 0 Å². The number of likely N-dealkylation sites (tertiary alicyclic amines) is 1. The molecule has 3 aromatic rings. The summed E-state index contributed by atoms with van der Waals surface area (Å²) < 4.78 is 0. The van der Waals surface area contributed by atoms with E-state index in [4.69, 9.17) is 0 Å². The first-order valence-corrected chi connectivity index (χ1v) is 9.80. The molecule has 2 heterocycles. The van der Waals surface area contributed by atoms with Crippen molar-refractivity contribution < 1.29 is 5.11 Å². The first-order chi connectivity index (χ1) is 13.7. The number of hydrogen-bond acceptors (Lipinski definition) is 5. The third-order valence-electron chi connectivity index (χ3n) is 5.40. The van der Waals surface area contributed by atoms with Crippen LogP contribution < -0.4 is 5.32 Å². The van der Waals surface area contributed by atoms with Crippen molar-refractivity contribution in [1.82, 2.24) is 14.9 Å². The lowest BCUT2D eigenvalue weighted by Crippen LogP contribution is -2.42. The van der Waals surface area contributed by atoms with Crippen LogP contribution in [0.3, 0.4) is 0 Å². The smallest absolute Gasteiger partial charge is 0.222 e. The van der Waals surface area contributed by atoms with Gasteiger partial charge in [-0.25, -0.2) is 9.97 Å². The zero-order chi connectivity index (χ0) is 19.2. The van der Waals surface area contributed by atoms with E-state index in [1.807, 2.05) is 60.9 Å². The molecular formula is C23H26N4O. The first-order valence-electron chi connectivity index (χ1n) is 9.80. The predicted molar refractivity (Wildman–Crippen MR) is 111 cm³/mol. The van der Waals surface area contributed by atoms with Crippen LogP contribution in [0.25, 0.3) is 0 Å². The van der Waals surface area contributed by atoms with E-state index in [1.165, 1.54) is 5.56 Å². The molecule has 1 saturated heterocycles. The highest BCUT2D eigenvalue weighted by atomic mass is 16.3. The minimum absolute atomic E-state index is 0.643. The van der Waals surface area contributed by atoms with Crippen LogP contribution in [0.4, 0.5) is 5.95 Å². The van der Waals surface area contributed by atoms with Gasteiger partial charge in [-0.3, -0.25) is 4.90 Å². The summed E-state index contributed by atoms with van der Waals surface area (Å²) in [5.74, 6) is 0.643. The molecule has 2 N–H and O–H groups in total. The van der Waals surface area contributed by atoms with Gasteiger partial charge in [-0.1, -0.05) is 60.7 Å². The van der Waals surface area contributed by atoms with E-state index in [2.05, 4.69) is 32.3 Å². The van der Waals surface area contributed by atoms with Crippen molar-refractivity contribution in [3.63, 3.8) is 0 Å². The molecule has 28 heavy (non-hydrogen) atoms. The highest BCUT2D eigenvalue weighted by Crippen LogP contribution is 2.32. The third-order valence-corrected chi connectivity index (χ3v) is 5.40. The van der Waals surface area contributed by atoms with E-state index in [0.717, 1.165) is 43.6 Å². The largest absolute Gasteiger partial charge is 0.385 e. The average molecular weight is 374 g/mol. The van der Waals surface area contributed by atoms with Crippen molar-refractivity contribution in [2.75, 3.05) is 18.4 Å². The average Bonchev–Trinajstić information content (AvgIpc) is 2.76. The van der Waals surface area contributed by atoms with Gasteiger partial charge in [0.25, 0.3) is 0 Å². The SMILES string of the molecule is OC1(c2ccccc2)CCN(Cc2cnc(NCc3ccccc3)nc2)CC1. The first kappa shape index (κ1) is 18.6. The molecular weight excluding hydrogens is 348 g/mol. The Morgan fingerprint density at radius 3 is 2.11 bits per heavy atom. The van der Waals surface area contributed by atoms with Gasteiger partial charge in [0, 0.05) is 44.1 Å². The summed E-state index contributed by atoms with van der Waals surface area (Å²) in [5.41, 5.74) is 2.61. The fourth-order valence-corrected chi connectivity index (χ4v) is 3.68. The van der Waals surface area contributed by atoms with E-state index in [9.17, 15) is 5.11 Å². The molecule has 0 spiro atoms. The second kappa shape index (κ2) is 8.50. The maximum Gasteiger partial charge on any atom is 0.222 e. The molecule has 0 atom stereocenters. The molecule has 2 aromatic carbocycles. The van der Waals surface area contributed by atoms with Gasteiger partial charge in [-0.2, -0.15) is 0 Å². The van der Waals surface area contributed by atoms with Crippen molar-refractivity contribution in [2.45, 2.75) is 31.5 Å². The molecule has 1 aromatic heterocycles. The van der Waals surface area contributed by atoms with E-state index < -0.39 is 5.60 Å². The predicted octanol–water partition coefficient (Wildman–Crippen LogP) is 3.57. The summed E-state index contributed by atoms with van der Waals surface area (Å²) in [6, 6.07) is 20.2. The number of aliphatic hydroxyl groups is 1. The molecule has 0 bridgehead atoms. The lowest BCUT2D eigenvalue weighted by Gasteiger charge is -2.38. The Hall–Kier alpha value is -2.76. The summed E-state index contributed by atoms with van der Waals surface area (Å²) in [7, 11) is 0. The molecule has 1 fully saturated rings. The molecule has 1 aliphatic rings. The van der Waals surface area contributed by atoms with Crippen LogP contribution in [0.5, 0.6) is 0 Å². The Bertz CT molecular complexity index is 860. The number of nitrogens with zero attached hydrogens (tertiary/aromatic N) is 3. The summed E-state index contributed by atoms with van der Waals surface area (Å²) >= 11 is 0. The number of piperidine rings is 1. The Morgan fingerprint density at radius 1 is 0.857 bits per heavy atom. The van der Waals surface area contributed by atoms with Crippen LogP contribution >= 0.6 is 0 Å². The van der Waals surface area contributed by atoms with Crippen molar-refractivity contribution in [3.05, 3.63) is 89.7 Å². The monoisotopic (exact) mass is 374 g/mol. The van der Waals surface area contributed by atoms with Crippen LogP contribution in [0.2, 0.25) is 0 Å². The van der Waals surface area contributed by atoms with Gasteiger partial charge in [-0.05, 0) is 24.0 Å². The van der Waals surface area contributed by atoms with Gasteiger partial charge in [0.2, 0.25) is 5.95 Å². The molecule has 4 rings (SSSR count). The quantitative estimate of drug-likeness (QED) is 0.691. The zero-order valence-corrected chi connectivity index (χ0v) is 16.0. The number of rotatable bonds is 6. The molecule has 144 valence electrons. The van der Waals surface area contributed by atoms with Crippen LogP contribution in [-0.4, -0.2) is 33.1 Å². The molecule has 1 aliphatic heterocycles. The molecule has 0 aliphatic carbocycles. The second-order valence-corrected chi connectivity index (χ2v) is 7.43. The van der Waals surface area contributed by atoms with Crippen molar-refractivity contribution in [1.29, 1.82) is 0 Å². The Labute approximate surface area is 166 Å². The topological polar surface area (TPSA) is 61.3 Å². The standard InChI is InChI=1S/C23H26N4O/c28-23(21-9-5-2-6-10-21)11-13-27(14-12-23)18-20-16-25-22(26-17-20)24-15-19-7-3-1-4-8-19/h1-10,16-17,28H,11-15,18H2,(H,24,25,26). The Kier molecular flexibility index (Phi) is 5.65. The summed E-state index contributed by atoms with van der Waals surface area (Å²) in [5, 5.41) is 14.2. The molecule has 0 saturated carbocycles. The number of aromatic nitrogens is 2. The van der Waals surface area contributed by atoms with Crippen LogP contribution in [0.1, 0.15) is 29.5 Å². The van der Waals surface area contributed by atoms with E-state index in [0.29, 0.717) is 12.5 Å². The van der Waals surface area contributed by atoms with Gasteiger partial charge < -0.3 is 10.4 Å². The van der Waals surface area contributed by atoms with Crippen molar-refractivity contribution in [2.24, 2.45) is 0 Å². The van der Waals surface area contributed by atoms with E-state index in [1.54, 1.807) is 0 Å². The highest BCUT2D eigenvalue weighted by Gasteiger charge is 2.33. The zero-order valence-electron chi connectivity index (χ0n) is 16.0. The maximum atomic E-state index is 11.0. The fraction of sp³-hybridized carbons (Fsp3) is 0.304.